The number of esters is 1. The maximum absolute atomic E-state index is 13.7. The van der Waals surface area contributed by atoms with Crippen LogP contribution in [0.4, 0.5) is 0 Å². The van der Waals surface area contributed by atoms with Crippen LogP contribution in [0.15, 0.2) is 89.4 Å². The predicted molar refractivity (Wildman–Crippen MR) is 143 cm³/mol. The first-order valence-electron chi connectivity index (χ1n) is 11.8. The van der Waals surface area contributed by atoms with Crippen molar-refractivity contribution in [3.05, 3.63) is 105 Å². The van der Waals surface area contributed by atoms with Crippen molar-refractivity contribution in [3.8, 4) is 0 Å². The van der Waals surface area contributed by atoms with E-state index in [4.69, 9.17) is 9.47 Å². The van der Waals surface area contributed by atoms with E-state index in [1.165, 1.54) is 28.0 Å². The highest BCUT2D eigenvalue weighted by Crippen LogP contribution is 2.41. The van der Waals surface area contributed by atoms with E-state index in [0.717, 1.165) is 16.0 Å². The number of hydrogen-bond donors (Lipinski definition) is 1. The molecule has 0 radical (unpaired) electrons. The van der Waals surface area contributed by atoms with Crippen molar-refractivity contribution in [3.63, 3.8) is 0 Å². The largest absolute Gasteiger partial charge is 0.448 e. The standard InChI is InChI=1S/C28H26N2O5S2/c1-34-16-20-17-37-27-23(29-22(31)15-21-13-8-14-36-21)26(32)30(27)24(20)28(33)35-25(18-9-4-2-5-10-18)19-11-6-3-7-12-19/h2-14,23,25,27H,15-17H2,1H3,(H,29,31)/t23-,27-/m1/s1. The Hall–Kier alpha value is -3.40. The first kappa shape index (κ1) is 25.3. The second-order valence-electron chi connectivity index (χ2n) is 8.70. The Balaban J connectivity index is 1.37. The summed E-state index contributed by atoms with van der Waals surface area (Å²) in [5.41, 5.74) is 2.54. The van der Waals surface area contributed by atoms with Crippen molar-refractivity contribution < 1.29 is 23.9 Å². The molecule has 5 rings (SSSR count). The lowest BCUT2D eigenvalue weighted by atomic mass is 10.0. The van der Waals surface area contributed by atoms with E-state index in [0.29, 0.717) is 11.3 Å². The Morgan fingerprint density at radius 2 is 1.70 bits per heavy atom. The molecule has 0 saturated carbocycles. The van der Waals surface area contributed by atoms with Gasteiger partial charge in [-0.3, -0.25) is 14.5 Å². The molecule has 1 aromatic heterocycles. The minimum absolute atomic E-state index is 0.199. The van der Waals surface area contributed by atoms with Crippen LogP contribution >= 0.6 is 23.1 Å². The maximum atomic E-state index is 13.7. The second-order valence-corrected chi connectivity index (χ2v) is 10.8. The van der Waals surface area contributed by atoms with Crippen LogP contribution in [-0.4, -0.2) is 53.6 Å². The molecule has 9 heteroatoms. The topological polar surface area (TPSA) is 84.9 Å². The summed E-state index contributed by atoms with van der Waals surface area (Å²) in [5.74, 6) is -0.643. The molecular weight excluding hydrogens is 508 g/mol. The molecule has 0 aliphatic carbocycles. The zero-order valence-corrected chi connectivity index (χ0v) is 21.8. The normalized spacial score (nSPS) is 18.9. The molecule has 2 aromatic carbocycles. The first-order valence-corrected chi connectivity index (χ1v) is 13.8. The number of nitrogens with zero attached hydrogens (tertiary/aromatic N) is 1. The molecule has 0 bridgehead atoms. The Bertz CT molecular complexity index is 1260. The summed E-state index contributed by atoms with van der Waals surface area (Å²) >= 11 is 3.00. The molecule has 3 aromatic rings. The van der Waals surface area contributed by atoms with E-state index in [2.05, 4.69) is 5.32 Å². The van der Waals surface area contributed by atoms with Crippen LogP contribution in [0.2, 0.25) is 0 Å². The van der Waals surface area contributed by atoms with Gasteiger partial charge in [0.25, 0.3) is 5.91 Å². The zero-order valence-electron chi connectivity index (χ0n) is 20.2. The number of carbonyl (C=O) groups excluding carboxylic acids is 3. The summed E-state index contributed by atoms with van der Waals surface area (Å²) < 4.78 is 11.4. The number of β-lactam (4-membered cyclic amide) rings is 1. The Labute approximate surface area is 223 Å². The van der Waals surface area contributed by atoms with Crippen LogP contribution < -0.4 is 5.32 Å². The average molecular weight is 535 g/mol. The van der Waals surface area contributed by atoms with Gasteiger partial charge in [0.2, 0.25) is 5.91 Å². The minimum atomic E-state index is -0.691. The van der Waals surface area contributed by atoms with Crippen molar-refractivity contribution in [2.45, 2.75) is 23.9 Å². The molecule has 0 spiro atoms. The van der Waals surface area contributed by atoms with Gasteiger partial charge in [0.05, 0.1) is 13.0 Å². The third kappa shape index (κ3) is 5.34. The van der Waals surface area contributed by atoms with E-state index in [1.807, 2.05) is 78.2 Å². The van der Waals surface area contributed by atoms with E-state index in [9.17, 15) is 14.4 Å². The van der Waals surface area contributed by atoms with E-state index in [-0.39, 0.29) is 35.9 Å². The molecule has 2 amide bonds. The van der Waals surface area contributed by atoms with Crippen LogP contribution in [0.3, 0.4) is 0 Å². The molecule has 2 atom stereocenters. The van der Waals surface area contributed by atoms with E-state index >= 15 is 0 Å². The van der Waals surface area contributed by atoms with Gasteiger partial charge >= 0.3 is 5.97 Å². The highest BCUT2D eigenvalue weighted by molar-refractivity contribution is 8.00. The van der Waals surface area contributed by atoms with Crippen LogP contribution in [0.5, 0.6) is 0 Å². The minimum Gasteiger partial charge on any atom is -0.448 e. The van der Waals surface area contributed by atoms with Gasteiger partial charge in [0, 0.05) is 17.7 Å². The predicted octanol–water partition coefficient (Wildman–Crippen LogP) is 3.92. The number of thiophene rings is 1. The van der Waals surface area contributed by atoms with E-state index < -0.39 is 18.1 Å². The lowest BCUT2D eigenvalue weighted by Crippen LogP contribution is -2.70. The average Bonchev–Trinajstić information content (AvgIpc) is 3.44. The summed E-state index contributed by atoms with van der Waals surface area (Å²) in [6.45, 7) is 0.199. The number of thioether (sulfide) groups is 1. The zero-order chi connectivity index (χ0) is 25.8. The first-order chi connectivity index (χ1) is 18.1. The number of benzene rings is 2. The number of methoxy groups -OCH3 is 1. The SMILES string of the molecule is COCC1=C(C(=O)OC(c2ccccc2)c2ccccc2)N2C(=O)[C@@H](NC(=O)Cc3cccs3)[C@H]2SC1. The molecule has 0 unspecified atom stereocenters. The van der Waals surface area contributed by atoms with Crippen LogP contribution in [0, 0.1) is 0 Å². The third-order valence-electron chi connectivity index (χ3n) is 6.22. The number of amides is 2. The number of fused-ring (bicyclic) bond motifs is 1. The number of nitrogens with one attached hydrogen (secondary N) is 1. The van der Waals surface area contributed by atoms with Gasteiger partial charge in [-0.2, -0.15) is 0 Å². The molecule has 37 heavy (non-hydrogen) atoms. The van der Waals surface area contributed by atoms with Crippen molar-refractivity contribution in [1.29, 1.82) is 0 Å². The lowest BCUT2D eigenvalue weighted by molar-refractivity contribution is -0.154. The number of rotatable bonds is 9. The number of carbonyl (C=O) groups is 3. The van der Waals surface area contributed by atoms with Gasteiger partial charge in [-0.15, -0.1) is 23.1 Å². The second kappa shape index (κ2) is 11.3. The van der Waals surface area contributed by atoms with Crippen LogP contribution in [0.25, 0.3) is 0 Å². The fourth-order valence-corrected chi connectivity index (χ4v) is 6.53. The third-order valence-corrected chi connectivity index (χ3v) is 8.44. The van der Waals surface area contributed by atoms with Crippen molar-refractivity contribution >= 4 is 40.9 Å². The maximum Gasteiger partial charge on any atom is 0.356 e. The summed E-state index contributed by atoms with van der Waals surface area (Å²) in [6, 6.07) is 22.1. The smallest absolute Gasteiger partial charge is 0.356 e. The molecule has 1 N–H and O–H groups in total. The summed E-state index contributed by atoms with van der Waals surface area (Å²) in [4.78, 5) is 41.9. The molecule has 3 heterocycles. The molecule has 1 fully saturated rings. The highest BCUT2D eigenvalue weighted by atomic mass is 32.2. The number of hydrogen-bond acceptors (Lipinski definition) is 7. The van der Waals surface area contributed by atoms with Gasteiger partial charge in [0.15, 0.2) is 6.10 Å². The highest BCUT2D eigenvalue weighted by Gasteiger charge is 2.54. The van der Waals surface area contributed by atoms with Crippen LogP contribution in [-0.2, 0) is 30.3 Å². The fourth-order valence-electron chi connectivity index (χ4n) is 4.50. The molecule has 2 aliphatic rings. The Morgan fingerprint density at radius 1 is 1.03 bits per heavy atom. The van der Waals surface area contributed by atoms with Gasteiger partial charge in [-0.05, 0) is 28.1 Å². The summed E-state index contributed by atoms with van der Waals surface area (Å²) in [6.07, 6.45) is -0.425. The lowest BCUT2D eigenvalue weighted by Gasteiger charge is -2.49. The quantitative estimate of drug-likeness (QED) is 0.331. The monoisotopic (exact) mass is 534 g/mol. The molecule has 2 aliphatic heterocycles. The Morgan fingerprint density at radius 3 is 2.30 bits per heavy atom. The van der Waals surface area contributed by atoms with Gasteiger partial charge in [0.1, 0.15) is 17.1 Å². The van der Waals surface area contributed by atoms with Gasteiger partial charge in [-0.1, -0.05) is 66.7 Å². The Kier molecular flexibility index (Phi) is 7.73. The van der Waals surface area contributed by atoms with Gasteiger partial charge < -0.3 is 14.8 Å². The van der Waals surface area contributed by atoms with Crippen LogP contribution in [0.1, 0.15) is 22.1 Å². The molecule has 7 nitrogen and oxygen atoms in total. The van der Waals surface area contributed by atoms with Gasteiger partial charge in [-0.25, -0.2) is 4.79 Å². The molecular formula is C28H26N2O5S2. The molecule has 1 saturated heterocycles. The van der Waals surface area contributed by atoms with Crippen molar-refractivity contribution in [1.82, 2.24) is 10.2 Å². The fraction of sp³-hybridized carbons (Fsp3) is 0.250. The summed E-state index contributed by atoms with van der Waals surface area (Å²) in [7, 11) is 1.55. The summed E-state index contributed by atoms with van der Waals surface area (Å²) in [5, 5.41) is 4.38. The van der Waals surface area contributed by atoms with Crippen molar-refractivity contribution in [2.75, 3.05) is 19.5 Å². The van der Waals surface area contributed by atoms with Crippen molar-refractivity contribution in [2.24, 2.45) is 0 Å². The molecule has 190 valence electrons. The number of ether oxygens (including phenoxy) is 2. The van der Waals surface area contributed by atoms with E-state index in [1.54, 1.807) is 7.11 Å².